The number of benzene rings is 1. The molecular formula is C14H13FN2OS. The Morgan fingerprint density at radius 3 is 2.63 bits per heavy atom. The maximum Gasteiger partial charge on any atom is 0.253 e. The number of hydrogen-bond acceptors (Lipinski definition) is 3. The van der Waals surface area contributed by atoms with Gasteiger partial charge in [-0.05, 0) is 35.9 Å². The number of hydrogen-bond donors (Lipinski definition) is 1. The van der Waals surface area contributed by atoms with Gasteiger partial charge in [-0.25, -0.2) is 4.39 Å². The standard InChI is InChI=1S/C14H13FN2OS/c1-17(9-10-4-6-16-7-5-10)14(18)11-2-3-12(15)13(19)8-11/h2-8,19H,9H2,1H3. The Morgan fingerprint density at radius 2 is 2.00 bits per heavy atom. The van der Waals surface area contributed by atoms with Crippen LogP contribution in [0.4, 0.5) is 4.39 Å². The Kier molecular flexibility index (Phi) is 4.16. The van der Waals surface area contributed by atoms with Gasteiger partial charge >= 0.3 is 0 Å². The third-order valence-corrected chi connectivity index (χ3v) is 3.05. The molecule has 0 saturated carbocycles. The molecule has 0 unspecified atom stereocenters. The second-order valence-electron chi connectivity index (χ2n) is 4.18. The summed E-state index contributed by atoms with van der Waals surface area (Å²) in [5, 5.41) is 0. The van der Waals surface area contributed by atoms with E-state index in [1.54, 1.807) is 24.3 Å². The molecule has 19 heavy (non-hydrogen) atoms. The lowest BCUT2D eigenvalue weighted by atomic mass is 10.2. The van der Waals surface area contributed by atoms with Gasteiger partial charge in [-0.3, -0.25) is 9.78 Å². The Morgan fingerprint density at radius 1 is 1.32 bits per heavy atom. The van der Waals surface area contributed by atoms with Crippen LogP contribution in [0.2, 0.25) is 0 Å². The second-order valence-corrected chi connectivity index (χ2v) is 4.66. The van der Waals surface area contributed by atoms with Crippen LogP contribution < -0.4 is 0 Å². The van der Waals surface area contributed by atoms with Crippen molar-refractivity contribution in [2.75, 3.05) is 7.05 Å². The predicted octanol–water partition coefficient (Wildman–Crippen LogP) is 2.78. The van der Waals surface area contributed by atoms with Crippen LogP contribution in [-0.4, -0.2) is 22.8 Å². The second kappa shape index (κ2) is 5.84. The van der Waals surface area contributed by atoms with Crippen LogP contribution in [0.25, 0.3) is 0 Å². The molecular weight excluding hydrogens is 263 g/mol. The van der Waals surface area contributed by atoms with E-state index in [-0.39, 0.29) is 10.8 Å². The number of carbonyl (C=O) groups excluding carboxylic acids is 1. The van der Waals surface area contributed by atoms with Crippen LogP contribution in [0.15, 0.2) is 47.6 Å². The van der Waals surface area contributed by atoms with E-state index in [9.17, 15) is 9.18 Å². The Bertz CT molecular complexity index is 589. The van der Waals surface area contributed by atoms with E-state index in [0.29, 0.717) is 12.1 Å². The van der Waals surface area contributed by atoms with E-state index >= 15 is 0 Å². The first-order valence-corrected chi connectivity index (χ1v) is 6.15. The molecule has 3 nitrogen and oxygen atoms in total. The molecule has 1 aromatic heterocycles. The Labute approximate surface area is 116 Å². The molecule has 0 aliphatic rings. The van der Waals surface area contributed by atoms with Gasteiger partial charge in [0.2, 0.25) is 0 Å². The third kappa shape index (κ3) is 3.32. The molecule has 2 aromatic rings. The van der Waals surface area contributed by atoms with Gasteiger partial charge in [-0.1, -0.05) is 0 Å². The number of nitrogens with zero attached hydrogens (tertiary/aromatic N) is 2. The first-order chi connectivity index (χ1) is 9.08. The summed E-state index contributed by atoms with van der Waals surface area (Å²) in [6.07, 6.45) is 3.36. The third-order valence-electron chi connectivity index (χ3n) is 2.71. The number of carbonyl (C=O) groups is 1. The molecule has 0 N–H and O–H groups in total. The predicted molar refractivity (Wildman–Crippen MR) is 73.7 cm³/mol. The lowest BCUT2D eigenvalue weighted by Gasteiger charge is -2.17. The van der Waals surface area contributed by atoms with Crippen LogP contribution >= 0.6 is 12.6 Å². The van der Waals surface area contributed by atoms with Crippen molar-refractivity contribution < 1.29 is 9.18 Å². The molecule has 0 atom stereocenters. The Hall–Kier alpha value is -1.88. The average molecular weight is 276 g/mol. The zero-order chi connectivity index (χ0) is 13.8. The molecule has 2 rings (SSSR count). The van der Waals surface area contributed by atoms with E-state index < -0.39 is 5.82 Å². The normalized spacial score (nSPS) is 10.3. The van der Waals surface area contributed by atoms with E-state index in [1.807, 2.05) is 12.1 Å². The average Bonchev–Trinajstić information content (AvgIpc) is 2.42. The number of aromatic nitrogens is 1. The SMILES string of the molecule is CN(Cc1ccncc1)C(=O)c1ccc(F)c(S)c1. The zero-order valence-electron chi connectivity index (χ0n) is 10.4. The highest BCUT2D eigenvalue weighted by Crippen LogP contribution is 2.16. The van der Waals surface area contributed by atoms with Crippen LogP contribution in [-0.2, 0) is 6.54 Å². The number of rotatable bonds is 3. The minimum absolute atomic E-state index is 0.170. The quantitative estimate of drug-likeness (QED) is 0.874. The number of amides is 1. The zero-order valence-corrected chi connectivity index (χ0v) is 11.3. The van der Waals surface area contributed by atoms with E-state index in [1.165, 1.54) is 18.2 Å². The molecule has 1 heterocycles. The van der Waals surface area contributed by atoms with Crippen molar-refractivity contribution in [3.05, 3.63) is 59.7 Å². The summed E-state index contributed by atoms with van der Waals surface area (Å²) in [7, 11) is 1.70. The molecule has 0 saturated heterocycles. The maximum absolute atomic E-state index is 13.1. The minimum Gasteiger partial charge on any atom is -0.337 e. The summed E-state index contributed by atoms with van der Waals surface area (Å²) in [6.45, 7) is 0.473. The summed E-state index contributed by atoms with van der Waals surface area (Å²) < 4.78 is 13.1. The monoisotopic (exact) mass is 276 g/mol. The molecule has 0 fully saturated rings. The van der Waals surface area contributed by atoms with E-state index in [2.05, 4.69) is 17.6 Å². The van der Waals surface area contributed by atoms with Gasteiger partial charge < -0.3 is 4.90 Å². The maximum atomic E-state index is 13.1. The fourth-order valence-electron chi connectivity index (χ4n) is 1.70. The number of halogens is 1. The van der Waals surface area contributed by atoms with E-state index in [4.69, 9.17) is 0 Å². The van der Waals surface area contributed by atoms with Gasteiger partial charge in [-0.2, -0.15) is 0 Å². The van der Waals surface area contributed by atoms with Gasteiger partial charge in [0.25, 0.3) is 5.91 Å². The summed E-state index contributed by atoms with van der Waals surface area (Å²) >= 11 is 3.98. The van der Waals surface area contributed by atoms with Crippen molar-refractivity contribution in [1.29, 1.82) is 0 Å². The lowest BCUT2D eigenvalue weighted by Crippen LogP contribution is -2.26. The lowest BCUT2D eigenvalue weighted by molar-refractivity contribution is 0.0784. The highest BCUT2D eigenvalue weighted by atomic mass is 32.1. The van der Waals surface area contributed by atoms with Crippen LogP contribution in [0.3, 0.4) is 0 Å². The molecule has 0 radical (unpaired) electrons. The minimum atomic E-state index is -0.434. The molecule has 1 amide bonds. The van der Waals surface area contributed by atoms with E-state index in [0.717, 1.165) is 5.56 Å². The first-order valence-electron chi connectivity index (χ1n) is 5.71. The summed E-state index contributed by atoms with van der Waals surface area (Å²) in [5.41, 5.74) is 1.40. The fraction of sp³-hybridized carbons (Fsp3) is 0.143. The van der Waals surface area contributed by atoms with Crippen LogP contribution in [0.1, 0.15) is 15.9 Å². The molecule has 0 aliphatic carbocycles. The molecule has 1 aromatic carbocycles. The molecule has 5 heteroatoms. The van der Waals surface area contributed by atoms with Gasteiger partial charge in [0, 0.05) is 36.4 Å². The van der Waals surface area contributed by atoms with Gasteiger partial charge in [0.05, 0.1) is 0 Å². The largest absolute Gasteiger partial charge is 0.337 e. The van der Waals surface area contributed by atoms with Crippen molar-refractivity contribution in [1.82, 2.24) is 9.88 Å². The molecule has 0 spiro atoms. The van der Waals surface area contributed by atoms with Gasteiger partial charge in [0.1, 0.15) is 5.82 Å². The topological polar surface area (TPSA) is 33.2 Å². The first kappa shape index (κ1) is 13.5. The highest BCUT2D eigenvalue weighted by Gasteiger charge is 2.13. The summed E-state index contributed by atoms with van der Waals surface area (Å²) in [5.74, 6) is -0.608. The van der Waals surface area contributed by atoms with Crippen molar-refractivity contribution in [2.24, 2.45) is 0 Å². The Balaban J connectivity index is 2.12. The van der Waals surface area contributed by atoms with Gasteiger partial charge in [-0.15, -0.1) is 12.6 Å². The van der Waals surface area contributed by atoms with Crippen LogP contribution in [0.5, 0.6) is 0 Å². The summed E-state index contributed by atoms with van der Waals surface area (Å²) in [4.78, 5) is 17.8. The molecule has 0 bridgehead atoms. The van der Waals surface area contributed by atoms with Crippen LogP contribution in [0, 0.1) is 5.82 Å². The number of thiol groups is 1. The summed E-state index contributed by atoms with van der Waals surface area (Å²) in [6, 6.07) is 7.83. The van der Waals surface area contributed by atoms with Crippen molar-refractivity contribution >= 4 is 18.5 Å². The van der Waals surface area contributed by atoms with Crippen molar-refractivity contribution in [3.63, 3.8) is 0 Å². The smallest absolute Gasteiger partial charge is 0.253 e. The van der Waals surface area contributed by atoms with Crippen molar-refractivity contribution in [2.45, 2.75) is 11.4 Å². The fourth-order valence-corrected chi connectivity index (χ4v) is 1.91. The molecule has 98 valence electrons. The highest BCUT2D eigenvalue weighted by molar-refractivity contribution is 7.80. The van der Waals surface area contributed by atoms with Crippen molar-refractivity contribution in [3.8, 4) is 0 Å². The number of pyridine rings is 1. The van der Waals surface area contributed by atoms with Gasteiger partial charge in [0.15, 0.2) is 0 Å². The molecule has 0 aliphatic heterocycles.